The highest BCUT2D eigenvalue weighted by molar-refractivity contribution is 6.37. The molecule has 31 heavy (non-hydrogen) atoms. The van der Waals surface area contributed by atoms with Crippen molar-refractivity contribution in [1.29, 1.82) is 0 Å². The number of ether oxygens (including phenoxy) is 4. The van der Waals surface area contributed by atoms with Crippen molar-refractivity contribution in [3.05, 3.63) is 59.0 Å². The molecule has 0 radical (unpaired) electrons. The summed E-state index contributed by atoms with van der Waals surface area (Å²) in [6, 6.07) is 11.8. The van der Waals surface area contributed by atoms with E-state index in [0.29, 0.717) is 27.3 Å². The number of fused-ring (bicyclic) bond motifs is 2. The fourth-order valence-corrected chi connectivity index (χ4v) is 3.05. The van der Waals surface area contributed by atoms with Crippen LogP contribution in [0.3, 0.4) is 0 Å². The Morgan fingerprint density at radius 2 is 1.39 bits per heavy atom. The van der Waals surface area contributed by atoms with Crippen LogP contribution in [0, 0.1) is 0 Å². The summed E-state index contributed by atoms with van der Waals surface area (Å²) in [4.78, 5) is 22.4. The van der Waals surface area contributed by atoms with Gasteiger partial charge in [0.25, 0.3) is 0 Å². The zero-order valence-corrected chi connectivity index (χ0v) is 17.9. The summed E-state index contributed by atoms with van der Waals surface area (Å²) in [7, 11) is 5.71. The monoisotopic (exact) mass is 446 g/mol. The summed E-state index contributed by atoms with van der Waals surface area (Å²) in [5.41, 5.74) is 1.16. The Balaban J connectivity index is 0.000000176. The second-order valence-electron chi connectivity index (χ2n) is 6.10. The lowest BCUT2D eigenvalue weighted by Crippen LogP contribution is -1.97. The lowest BCUT2D eigenvalue weighted by atomic mass is 10.2. The molecule has 4 rings (SSSR count). The van der Waals surface area contributed by atoms with Gasteiger partial charge in [0.1, 0.15) is 22.7 Å². The van der Waals surface area contributed by atoms with E-state index in [2.05, 4.69) is 9.47 Å². The topological polar surface area (TPSA) is 97.3 Å². The molecule has 0 unspecified atom stereocenters. The van der Waals surface area contributed by atoms with Gasteiger partial charge in [-0.15, -0.1) is 0 Å². The Hall–Kier alpha value is -3.65. The number of benzene rings is 2. The Labute approximate surface area is 182 Å². The highest BCUT2D eigenvalue weighted by Gasteiger charge is 2.16. The molecular weight excluding hydrogens is 428 g/mol. The maximum absolute atomic E-state index is 11.3. The van der Waals surface area contributed by atoms with Crippen molar-refractivity contribution < 1.29 is 37.4 Å². The molecule has 0 aliphatic rings. The van der Waals surface area contributed by atoms with E-state index >= 15 is 0 Å². The van der Waals surface area contributed by atoms with Gasteiger partial charge in [-0.25, -0.2) is 9.59 Å². The van der Waals surface area contributed by atoms with Crippen molar-refractivity contribution in [1.82, 2.24) is 0 Å². The summed E-state index contributed by atoms with van der Waals surface area (Å²) in [6.45, 7) is 0. The minimum atomic E-state index is -0.536. The van der Waals surface area contributed by atoms with Gasteiger partial charge in [-0.1, -0.05) is 11.6 Å². The zero-order valence-electron chi connectivity index (χ0n) is 17.2. The van der Waals surface area contributed by atoms with Gasteiger partial charge in [0.05, 0.1) is 33.5 Å². The van der Waals surface area contributed by atoms with Crippen molar-refractivity contribution >= 4 is 45.5 Å². The van der Waals surface area contributed by atoms with Gasteiger partial charge in [-0.2, -0.15) is 0 Å². The lowest BCUT2D eigenvalue weighted by molar-refractivity contribution is 0.0559. The number of esters is 2. The average molecular weight is 447 g/mol. The minimum Gasteiger partial charge on any atom is -0.497 e. The predicted molar refractivity (Wildman–Crippen MR) is 113 cm³/mol. The molecule has 2 aromatic carbocycles. The van der Waals surface area contributed by atoms with Gasteiger partial charge >= 0.3 is 11.9 Å². The summed E-state index contributed by atoms with van der Waals surface area (Å²) in [5, 5.41) is 1.86. The molecule has 4 aromatic rings. The predicted octanol–water partition coefficient (Wildman–Crippen LogP) is 5.11. The Kier molecular flexibility index (Phi) is 6.71. The highest BCUT2D eigenvalue weighted by atomic mass is 35.5. The largest absolute Gasteiger partial charge is 0.497 e. The van der Waals surface area contributed by atoms with Crippen molar-refractivity contribution in [3.8, 4) is 11.5 Å². The van der Waals surface area contributed by atoms with E-state index in [9.17, 15) is 9.59 Å². The van der Waals surface area contributed by atoms with E-state index in [1.165, 1.54) is 27.4 Å². The molecule has 0 amide bonds. The van der Waals surface area contributed by atoms with Crippen LogP contribution >= 0.6 is 11.6 Å². The number of methoxy groups -OCH3 is 4. The first-order valence-corrected chi connectivity index (χ1v) is 9.29. The zero-order chi connectivity index (χ0) is 22.5. The summed E-state index contributed by atoms with van der Waals surface area (Å²) >= 11 is 6.07. The number of carbonyl (C=O) groups excluding carboxylic acids is 2. The molecule has 0 N–H and O–H groups in total. The van der Waals surface area contributed by atoms with E-state index in [-0.39, 0.29) is 11.5 Å². The first-order valence-electron chi connectivity index (χ1n) is 8.92. The SMILES string of the molecule is COC(=O)c1cc2c(Cl)c(OC)ccc2o1.COC(=O)c1cc2cc(OC)ccc2o1. The average Bonchev–Trinajstić information content (AvgIpc) is 3.43. The third-order valence-electron chi connectivity index (χ3n) is 4.32. The summed E-state index contributed by atoms with van der Waals surface area (Å²) in [6.07, 6.45) is 0. The molecule has 0 atom stereocenters. The van der Waals surface area contributed by atoms with Gasteiger partial charge in [0.2, 0.25) is 11.5 Å². The number of rotatable bonds is 4. The van der Waals surface area contributed by atoms with Crippen LogP contribution in [-0.4, -0.2) is 40.4 Å². The number of hydrogen-bond donors (Lipinski definition) is 0. The van der Waals surface area contributed by atoms with Crippen LogP contribution < -0.4 is 9.47 Å². The molecule has 0 spiro atoms. The van der Waals surface area contributed by atoms with Crippen LogP contribution in [0.15, 0.2) is 51.3 Å². The quantitative estimate of drug-likeness (QED) is 0.399. The summed E-state index contributed by atoms with van der Waals surface area (Å²) < 4.78 is 29.8. The third kappa shape index (κ3) is 4.59. The Bertz CT molecular complexity index is 1240. The summed E-state index contributed by atoms with van der Waals surface area (Å²) in [5.74, 6) is 0.552. The molecule has 0 fully saturated rings. The fraction of sp³-hybridized carbons (Fsp3) is 0.182. The van der Waals surface area contributed by atoms with Gasteiger partial charge in [0.15, 0.2) is 0 Å². The van der Waals surface area contributed by atoms with Crippen molar-refractivity contribution in [2.75, 3.05) is 28.4 Å². The molecule has 0 saturated carbocycles. The maximum Gasteiger partial charge on any atom is 0.373 e. The van der Waals surface area contributed by atoms with E-state index in [4.69, 9.17) is 29.9 Å². The molecule has 0 aliphatic carbocycles. The maximum atomic E-state index is 11.3. The van der Waals surface area contributed by atoms with Crippen molar-refractivity contribution in [2.45, 2.75) is 0 Å². The molecule has 0 aliphatic heterocycles. The molecule has 0 saturated heterocycles. The first-order chi connectivity index (χ1) is 14.9. The van der Waals surface area contributed by atoms with Crippen molar-refractivity contribution in [3.63, 3.8) is 0 Å². The first kappa shape index (κ1) is 22.0. The van der Waals surface area contributed by atoms with E-state index in [1.54, 1.807) is 43.5 Å². The molecule has 0 bridgehead atoms. The van der Waals surface area contributed by atoms with Crippen LogP contribution in [0.5, 0.6) is 11.5 Å². The second-order valence-corrected chi connectivity index (χ2v) is 6.48. The second kappa shape index (κ2) is 9.44. The molecule has 162 valence electrons. The number of hydrogen-bond acceptors (Lipinski definition) is 8. The number of halogens is 1. The number of furan rings is 2. The molecular formula is C22H19ClO8. The van der Waals surface area contributed by atoms with Crippen molar-refractivity contribution in [2.24, 2.45) is 0 Å². The van der Waals surface area contributed by atoms with Crippen LogP contribution in [0.25, 0.3) is 21.9 Å². The van der Waals surface area contributed by atoms with Crippen LogP contribution in [0.4, 0.5) is 0 Å². The smallest absolute Gasteiger partial charge is 0.373 e. The Morgan fingerprint density at radius 3 is 2.00 bits per heavy atom. The van der Waals surface area contributed by atoms with Crippen LogP contribution in [-0.2, 0) is 9.47 Å². The Morgan fingerprint density at radius 1 is 0.774 bits per heavy atom. The minimum absolute atomic E-state index is 0.118. The van der Waals surface area contributed by atoms with Gasteiger partial charge < -0.3 is 27.8 Å². The highest BCUT2D eigenvalue weighted by Crippen LogP contribution is 2.34. The normalized spacial score (nSPS) is 10.4. The van der Waals surface area contributed by atoms with E-state index in [0.717, 1.165) is 11.1 Å². The van der Waals surface area contributed by atoms with E-state index in [1.807, 2.05) is 0 Å². The lowest BCUT2D eigenvalue weighted by Gasteiger charge is -2.01. The molecule has 2 aromatic heterocycles. The fourth-order valence-electron chi connectivity index (χ4n) is 2.77. The van der Waals surface area contributed by atoms with Gasteiger partial charge in [-0.05, 0) is 36.4 Å². The molecule has 9 heteroatoms. The van der Waals surface area contributed by atoms with Gasteiger partial charge in [0, 0.05) is 16.8 Å². The standard InChI is InChI=1S/C11H9ClO4.C11H10O4/c1-14-8-4-3-7-6(10(8)12)5-9(16-7)11(13)15-2;1-13-8-3-4-9-7(5-8)6-10(15-9)11(12)14-2/h3-5H,1-2H3;3-6H,1-2H3. The van der Waals surface area contributed by atoms with Crippen LogP contribution in [0.1, 0.15) is 21.1 Å². The molecule has 2 heterocycles. The van der Waals surface area contributed by atoms with Crippen LogP contribution in [0.2, 0.25) is 5.02 Å². The number of carbonyl (C=O) groups is 2. The third-order valence-corrected chi connectivity index (χ3v) is 4.71. The van der Waals surface area contributed by atoms with Gasteiger partial charge in [-0.3, -0.25) is 0 Å². The van der Waals surface area contributed by atoms with E-state index < -0.39 is 11.9 Å². The molecule has 8 nitrogen and oxygen atoms in total.